The number of hydrogen-bond donors (Lipinski definition) is 1. The first-order chi connectivity index (χ1) is 4.83. The highest BCUT2D eigenvalue weighted by Crippen LogP contribution is 2.20. The summed E-state index contributed by atoms with van der Waals surface area (Å²) >= 11 is 0. The monoisotopic (exact) mass is 141 g/mol. The summed E-state index contributed by atoms with van der Waals surface area (Å²) in [7, 11) is 0. The van der Waals surface area contributed by atoms with E-state index in [1.807, 2.05) is 0 Å². The number of hydrogen-bond acceptors (Lipinski definition) is 2. The lowest BCUT2D eigenvalue weighted by Crippen LogP contribution is -2.19. The van der Waals surface area contributed by atoms with Gasteiger partial charge in [0.2, 0.25) is 0 Å². The molecule has 10 heavy (non-hydrogen) atoms. The fraction of sp³-hybridized carbons (Fsp3) is 1.00. The van der Waals surface area contributed by atoms with Crippen LogP contribution in [0.1, 0.15) is 25.7 Å². The van der Waals surface area contributed by atoms with Gasteiger partial charge >= 0.3 is 0 Å². The van der Waals surface area contributed by atoms with Crippen molar-refractivity contribution in [3.05, 3.63) is 10.4 Å². The molecular formula is C6H11N3O. The van der Waals surface area contributed by atoms with Crippen molar-refractivity contribution in [2.24, 2.45) is 5.11 Å². The number of rotatable bonds is 1. The molecule has 0 bridgehead atoms. The first-order valence-electron chi connectivity index (χ1n) is 3.55. The SMILES string of the molecule is [N-]=[N+]=NC1CCC(O)CC1. The van der Waals surface area contributed by atoms with E-state index in [2.05, 4.69) is 10.0 Å². The summed E-state index contributed by atoms with van der Waals surface area (Å²) in [5.74, 6) is 0. The van der Waals surface area contributed by atoms with E-state index in [1.54, 1.807) is 0 Å². The summed E-state index contributed by atoms with van der Waals surface area (Å²) in [6, 6.07) is 0.133. The van der Waals surface area contributed by atoms with Crippen molar-refractivity contribution >= 4 is 0 Å². The van der Waals surface area contributed by atoms with E-state index in [4.69, 9.17) is 10.6 Å². The zero-order valence-electron chi connectivity index (χ0n) is 5.77. The Kier molecular flexibility index (Phi) is 2.54. The molecule has 1 aliphatic carbocycles. The largest absolute Gasteiger partial charge is 0.393 e. The van der Waals surface area contributed by atoms with Crippen LogP contribution < -0.4 is 0 Å². The molecule has 1 aliphatic rings. The van der Waals surface area contributed by atoms with Gasteiger partial charge in [0.05, 0.1) is 6.10 Å². The van der Waals surface area contributed by atoms with E-state index in [0.29, 0.717) is 0 Å². The minimum absolute atomic E-state index is 0.133. The lowest BCUT2D eigenvalue weighted by atomic mass is 9.94. The molecule has 4 heteroatoms. The van der Waals surface area contributed by atoms with E-state index in [9.17, 15) is 0 Å². The second-order valence-electron chi connectivity index (χ2n) is 2.67. The molecule has 4 nitrogen and oxygen atoms in total. The highest BCUT2D eigenvalue weighted by Gasteiger charge is 2.17. The van der Waals surface area contributed by atoms with Crippen LogP contribution in [-0.2, 0) is 0 Å². The molecule has 0 aliphatic heterocycles. The standard InChI is InChI=1S/C6H11N3O/c7-9-8-5-1-3-6(10)4-2-5/h5-6,10H,1-4H2. The Morgan fingerprint density at radius 1 is 1.30 bits per heavy atom. The van der Waals surface area contributed by atoms with Crippen LogP contribution in [0.25, 0.3) is 10.4 Å². The van der Waals surface area contributed by atoms with E-state index in [1.165, 1.54) is 0 Å². The highest BCUT2D eigenvalue weighted by molar-refractivity contribution is 4.76. The molecule has 0 aromatic carbocycles. The summed E-state index contributed by atoms with van der Waals surface area (Å²) in [6.07, 6.45) is 3.08. The number of aliphatic hydroxyl groups excluding tert-OH is 1. The smallest absolute Gasteiger partial charge is 0.0540 e. The average molecular weight is 141 g/mol. The van der Waals surface area contributed by atoms with Crippen molar-refractivity contribution in [1.82, 2.24) is 0 Å². The molecule has 1 saturated carbocycles. The quantitative estimate of drug-likeness (QED) is 0.336. The summed E-state index contributed by atoms with van der Waals surface area (Å²) in [5, 5.41) is 12.6. The number of aliphatic hydroxyl groups is 1. The van der Waals surface area contributed by atoms with Crippen LogP contribution in [0.2, 0.25) is 0 Å². The maximum absolute atomic E-state index is 9.06. The third kappa shape index (κ3) is 1.90. The van der Waals surface area contributed by atoms with Gasteiger partial charge in [-0.15, -0.1) is 0 Å². The molecule has 0 aromatic heterocycles. The van der Waals surface area contributed by atoms with Crippen LogP contribution in [0.5, 0.6) is 0 Å². The molecule has 56 valence electrons. The predicted molar refractivity (Wildman–Crippen MR) is 37.4 cm³/mol. The normalized spacial score (nSPS) is 32.9. The maximum Gasteiger partial charge on any atom is 0.0540 e. The summed E-state index contributed by atoms with van der Waals surface area (Å²) < 4.78 is 0. The van der Waals surface area contributed by atoms with Gasteiger partial charge in [0.25, 0.3) is 0 Å². The first-order valence-corrected chi connectivity index (χ1v) is 3.55. The Morgan fingerprint density at radius 2 is 1.90 bits per heavy atom. The fourth-order valence-corrected chi connectivity index (χ4v) is 1.25. The van der Waals surface area contributed by atoms with Crippen molar-refractivity contribution in [1.29, 1.82) is 0 Å². The van der Waals surface area contributed by atoms with E-state index < -0.39 is 0 Å². The van der Waals surface area contributed by atoms with Crippen LogP contribution in [0, 0.1) is 0 Å². The molecule has 0 atom stereocenters. The van der Waals surface area contributed by atoms with Crippen molar-refractivity contribution in [2.45, 2.75) is 37.8 Å². The van der Waals surface area contributed by atoms with Gasteiger partial charge in [-0.2, -0.15) is 0 Å². The van der Waals surface area contributed by atoms with Gasteiger partial charge in [-0.25, -0.2) is 0 Å². The Morgan fingerprint density at radius 3 is 2.40 bits per heavy atom. The topological polar surface area (TPSA) is 69.0 Å². The van der Waals surface area contributed by atoms with Gasteiger partial charge in [0, 0.05) is 11.0 Å². The zero-order valence-corrected chi connectivity index (χ0v) is 5.77. The molecule has 0 aromatic rings. The van der Waals surface area contributed by atoms with Crippen molar-refractivity contribution < 1.29 is 5.11 Å². The van der Waals surface area contributed by atoms with Gasteiger partial charge in [-0.05, 0) is 31.2 Å². The van der Waals surface area contributed by atoms with Crippen LogP contribution in [0.15, 0.2) is 5.11 Å². The Bertz CT molecular complexity index is 145. The Balaban J connectivity index is 2.32. The molecule has 1 fully saturated rings. The summed E-state index contributed by atoms with van der Waals surface area (Å²) in [5.41, 5.74) is 8.08. The minimum Gasteiger partial charge on any atom is -0.393 e. The van der Waals surface area contributed by atoms with E-state index in [0.717, 1.165) is 25.7 Å². The van der Waals surface area contributed by atoms with Crippen molar-refractivity contribution in [2.75, 3.05) is 0 Å². The second-order valence-corrected chi connectivity index (χ2v) is 2.67. The van der Waals surface area contributed by atoms with Gasteiger partial charge in [0.15, 0.2) is 0 Å². The molecule has 1 rings (SSSR count). The molecule has 1 N–H and O–H groups in total. The summed E-state index contributed by atoms with van der Waals surface area (Å²) in [4.78, 5) is 2.73. The van der Waals surface area contributed by atoms with Gasteiger partial charge in [-0.3, -0.25) is 0 Å². The lowest BCUT2D eigenvalue weighted by Gasteiger charge is -2.20. The number of nitrogens with zero attached hydrogens (tertiary/aromatic N) is 3. The Hall–Kier alpha value is -0.730. The number of azide groups is 1. The molecule has 0 heterocycles. The van der Waals surface area contributed by atoms with Crippen LogP contribution in [0.3, 0.4) is 0 Å². The van der Waals surface area contributed by atoms with E-state index >= 15 is 0 Å². The molecule has 0 amide bonds. The maximum atomic E-state index is 9.06. The summed E-state index contributed by atoms with van der Waals surface area (Å²) in [6.45, 7) is 0. The van der Waals surface area contributed by atoms with Crippen molar-refractivity contribution in [3.8, 4) is 0 Å². The van der Waals surface area contributed by atoms with Gasteiger partial charge < -0.3 is 5.11 Å². The highest BCUT2D eigenvalue weighted by atomic mass is 16.3. The van der Waals surface area contributed by atoms with Gasteiger partial charge in [0.1, 0.15) is 0 Å². The predicted octanol–water partition coefficient (Wildman–Crippen LogP) is 1.60. The third-order valence-electron chi connectivity index (χ3n) is 1.88. The minimum atomic E-state index is -0.162. The molecule has 0 spiro atoms. The lowest BCUT2D eigenvalue weighted by molar-refractivity contribution is 0.123. The third-order valence-corrected chi connectivity index (χ3v) is 1.88. The molecule has 0 unspecified atom stereocenters. The Labute approximate surface area is 59.5 Å². The molecular weight excluding hydrogens is 130 g/mol. The van der Waals surface area contributed by atoms with E-state index in [-0.39, 0.29) is 12.1 Å². The first kappa shape index (κ1) is 7.38. The fourth-order valence-electron chi connectivity index (χ4n) is 1.25. The van der Waals surface area contributed by atoms with Crippen LogP contribution in [-0.4, -0.2) is 17.3 Å². The molecule has 0 radical (unpaired) electrons. The molecule has 0 saturated heterocycles. The average Bonchev–Trinajstić information content (AvgIpc) is 1.95. The second kappa shape index (κ2) is 3.44. The van der Waals surface area contributed by atoms with Crippen LogP contribution in [0.4, 0.5) is 0 Å². The van der Waals surface area contributed by atoms with Gasteiger partial charge in [-0.1, -0.05) is 5.11 Å². The zero-order chi connectivity index (χ0) is 7.40. The van der Waals surface area contributed by atoms with Crippen molar-refractivity contribution in [3.63, 3.8) is 0 Å². The van der Waals surface area contributed by atoms with Crippen LogP contribution >= 0.6 is 0 Å².